The second-order valence-electron chi connectivity index (χ2n) is 4.81. The highest BCUT2D eigenvalue weighted by molar-refractivity contribution is 5.67. The quantitative estimate of drug-likeness (QED) is 0.686. The summed E-state index contributed by atoms with van der Waals surface area (Å²) >= 11 is 0. The third-order valence-corrected chi connectivity index (χ3v) is 1.88. The molecule has 0 heterocycles. The van der Waals surface area contributed by atoms with Gasteiger partial charge in [-0.1, -0.05) is 24.3 Å². The summed E-state index contributed by atoms with van der Waals surface area (Å²) in [6, 6.07) is 0. The normalized spacial score (nSPS) is 11.6. The molecule has 92 valence electrons. The smallest absolute Gasteiger partial charge is 0.410 e. The number of hydrogen-bond donors (Lipinski definition) is 0. The minimum atomic E-state index is -0.439. The second kappa shape index (κ2) is 6.36. The molecule has 0 aliphatic rings. The molecule has 0 saturated heterocycles. The molecule has 1 amide bonds. The molecule has 0 unspecified atom stereocenters. The number of nitrogens with zero attached hydrogens (tertiary/aromatic N) is 1. The van der Waals surface area contributed by atoms with Crippen LogP contribution in [0.1, 0.15) is 34.1 Å². The Morgan fingerprint density at radius 3 is 2.44 bits per heavy atom. The molecule has 0 fully saturated rings. The Hall–Kier alpha value is -1.25. The summed E-state index contributed by atoms with van der Waals surface area (Å²) in [5.41, 5.74) is 0.573. The molecule has 0 aromatic rings. The average Bonchev–Trinajstić information content (AvgIpc) is 2.11. The van der Waals surface area contributed by atoms with Crippen LogP contribution in [0.3, 0.4) is 0 Å². The van der Waals surface area contributed by atoms with Crippen LogP contribution < -0.4 is 0 Å². The summed E-state index contributed by atoms with van der Waals surface area (Å²) in [6.45, 7) is 12.0. The van der Waals surface area contributed by atoms with Crippen molar-refractivity contribution >= 4 is 6.09 Å². The van der Waals surface area contributed by atoms with Gasteiger partial charge in [0.1, 0.15) is 5.60 Å². The number of allylic oxidation sites excluding steroid dienone is 2. The third kappa shape index (κ3) is 7.10. The van der Waals surface area contributed by atoms with Gasteiger partial charge in [-0.05, 0) is 34.1 Å². The maximum Gasteiger partial charge on any atom is 0.410 e. The standard InChI is InChI=1S/C13H23NO2/c1-7-8-11(2)9-10-14(6)12(15)16-13(3,4)5/h7-8H,2,9-10H2,1,3-6H3/b8-7-. The van der Waals surface area contributed by atoms with Crippen molar-refractivity contribution in [1.29, 1.82) is 0 Å². The summed E-state index contributed by atoms with van der Waals surface area (Å²) in [5.74, 6) is 0. The Morgan fingerprint density at radius 2 is 2.00 bits per heavy atom. The molecule has 0 bridgehead atoms. The van der Waals surface area contributed by atoms with Gasteiger partial charge in [0.2, 0.25) is 0 Å². The van der Waals surface area contributed by atoms with Crippen LogP contribution in [0.4, 0.5) is 4.79 Å². The van der Waals surface area contributed by atoms with Gasteiger partial charge in [0, 0.05) is 13.6 Å². The van der Waals surface area contributed by atoms with Crippen molar-refractivity contribution in [2.24, 2.45) is 0 Å². The van der Waals surface area contributed by atoms with E-state index in [0.29, 0.717) is 6.54 Å². The van der Waals surface area contributed by atoms with E-state index in [4.69, 9.17) is 4.74 Å². The minimum absolute atomic E-state index is 0.291. The largest absolute Gasteiger partial charge is 0.444 e. The maximum atomic E-state index is 11.6. The highest BCUT2D eigenvalue weighted by Gasteiger charge is 2.19. The van der Waals surface area contributed by atoms with Gasteiger partial charge in [0.05, 0.1) is 0 Å². The fourth-order valence-corrected chi connectivity index (χ4v) is 1.06. The summed E-state index contributed by atoms with van der Waals surface area (Å²) in [4.78, 5) is 13.2. The minimum Gasteiger partial charge on any atom is -0.444 e. The van der Waals surface area contributed by atoms with Gasteiger partial charge in [-0.2, -0.15) is 0 Å². The van der Waals surface area contributed by atoms with Crippen molar-refractivity contribution in [2.75, 3.05) is 13.6 Å². The zero-order valence-corrected chi connectivity index (χ0v) is 11.0. The van der Waals surface area contributed by atoms with Gasteiger partial charge in [-0.15, -0.1) is 0 Å². The molecule has 0 aromatic carbocycles. The SMILES string of the molecule is C=C(/C=C\C)CCN(C)C(=O)OC(C)(C)C. The van der Waals surface area contributed by atoms with E-state index < -0.39 is 5.60 Å². The van der Waals surface area contributed by atoms with E-state index in [-0.39, 0.29) is 6.09 Å². The van der Waals surface area contributed by atoms with Crippen LogP contribution in [0, 0.1) is 0 Å². The number of carbonyl (C=O) groups is 1. The van der Waals surface area contributed by atoms with Crippen LogP contribution in [0.25, 0.3) is 0 Å². The van der Waals surface area contributed by atoms with Gasteiger partial charge in [0.25, 0.3) is 0 Å². The molecular formula is C13H23NO2. The molecule has 0 aromatic heterocycles. The summed E-state index contributed by atoms with van der Waals surface area (Å²) in [6.07, 6.45) is 4.36. The number of rotatable bonds is 4. The topological polar surface area (TPSA) is 29.5 Å². The van der Waals surface area contributed by atoms with Crippen LogP contribution in [0.15, 0.2) is 24.3 Å². The van der Waals surface area contributed by atoms with Gasteiger partial charge in [-0.25, -0.2) is 4.79 Å². The number of ether oxygens (including phenoxy) is 1. The molecule has 0 spiro atoms. The molecular weight excluding hydrogens is 202 g/mol. The van der Waals surface area contributed by atoms with Crippen molar-refractivity contribution in [3.05, 3.63) is 24.3 Å². The molecule has 0 atom stereocenters. The first-order chi connectivity index (χ1) is 7.26. The Bertz CT molecular complexity index is 274. The summed E-state index contributed by atoms with van der Waals surface area (Å²) in [7, 11) is 1.73. The molecule has 3 nitrogen and oxygen atoms in total. The molecule has 0 aliphatic heterocycles. The first kappa shape index (κ1) is 14.8. The lowest BCUT2D eigenvalue weighted by atomic mass is 10.2. The fraction of sp³-hybridized carbons (Fsp3) is 0.615. The Kier molecular flexibility index (Phi) is 5.86. The first-order valence-electron chi connectivity index (χ1n) is 5.51. The third-order valence-electron chi connectivity index (χ3n) is 1.88. The van der Waals surface area contributed by atoms with E-state index in [1.165, 1.54) is 0 Å². The number of amides is 1. The van der Waals surface area contributed by atoms with Crippen molar-refractivity contribution in [3.8, 4) is 0 Å². The summed E-state index contributed by atoms with van der Waals surface area (Å²) in [5, 5.41) is 0. The van der Waals surface area contributed by atoms with Crippen molar-refractivity contribution in [2.45, 2.75) is 39.7 Å². The lowest BCUT2D eigenvalue weighted by molar-refractivity contribution is 0.0301. The van der Waals surface area contributed by atoms with E-state index in [1.807, 2.05) is 39.8 Å². The highest BCUT2D eigenvalue weighted by atomic mass is 16.6. The number of carbonyl (C=O) groups excluding carboxylic acids is 1. The molecule has 0 saturated carbocycles. The van der Waals surface area contributed by atoms with Crippen LogP contribution in [0.2, 0.25) is 0 Å². The fourth-order valence-electron chi connectivity index (χ4n) is 1.06. The highest BCUT2D eigenvalue weighted by Crippen LogP contribution is 2.10. The summed E-state index contributed by atoms with van der Waals surface area (Å²) < 4.78 is 5.23. The predicted molar refractivity (Wildman–Crippen MR) is 67.4 cm³/mol. The van der Waals surface area contributed by atoms with Gasteiger partial charge >= 0.3 is 6.09 Å². The van der Waals surface area contributed by atoms with Gasteiger partial charge in [0.15, 0.2) is 0 Å². The number of hydrogen-bond acceptors (Lipinski definition) is 2. The molecule has 0 rings (SSSR count). The van der Waals surface area contributed by atoms with E-state index in [0.717, 1.165) is 12.0 Å². The van der Waals surface area contributed by atoms with E-state index in [9.17, 15) is 4.79 Å². The second-order valence-corrected chi connectivity index (χ2v) is 4.81. The molecule has 0 N–H and O–H groups in total. The van der Waals surface area contributed by atoms with Gasteiger partial charge in [-0.3, -0.25) is 0 Å². The lowest BCUT2D eigenvalue weighted by Crippen LogP contribution is -2.34. The maximum absolute atomic E-state index is 11.6. The average molecular weight is 225 g/mol. The molecule has 0 aliphatic carbocycles. The van der Waals surface area contributed by atoms with E-state index in [2.05, 4.69) is 6.58 Å². The first-order valence-corrected chi connectivity index (χ1v) is 5.51. The molecule has 0 radical (unpaired) electrons. The van der Waals surface area contributed by atoms with Gasteiger partial charge < -0.3 is 9.64 Å². The zero-order chi connectivity index (χ0) is 12.8. The van der Waals surface area contributed by atoms with Crippen LogP contribution in [0.5, 0.6) is 0 Å². The Labute approximate surface area is 98.8 Å². The van der Waals surface area contributed by atoms with Crippen molar-refractivity contribution in [3.63, 3.8) is 0 Å². The van der Waals surface area contributed by atoms with Crippen LogP contribution >= 0.6 is 0 Å². The van der Waals surface area contributed by atoms with E-state index in [1.54, 1.807) is 11.9 Å². The van der Waals surface area contributed by atoms with Crippen molar-refractivity contribution < 1.29 is 9.53 Å². The monoisotopic (exact) mass is 225 g/mol. The Balaban J connectivity index is 4.02. The van der Waals surface area contributed by atoms with Crippen LogP contribution in [-0.4, -0.2) is 30.2 Å². The Morgan fingerprint density at radius 1 is 1.44 bits per heavy atom. The molecule has 3 heteroatoms. The van der Waals surface area contributed by atoms with Crippen LogP contribution in [-0.2, 0) is 4.74 Å². The molecule has 16 heavy (non-hydrogen) atoms. The van der Waals surface area contributed by atoms with E-state index >= 15 is 0 Å². The lowest BCUT2D eigenvalue weighted by Gasteiger charge is -2.24. The predicted octanol–water partition coefficient (Wildman–Crippen LogP) is 3.38. The zero-order valence-electron chi connectivity index (χ0n) is 11.0. The van der Waals surface area contributed by atoms with Crippen molar-refractivity contribution in [1.82, 2.24) is 4.90 Å².